The predicted molar refractivity (Wildman–Crippen MR) is 75.1 cm³/mol. The smallest absolute Gasteiger partial charge is 0.168 e. The highest BCUT2D eigenvalue weighted by atomic mass is 16.7. The first-order valence-corrected chi connectivity index (χ1v) is 7.97. The quantitative estimate of drug-likeness (QED) is 0.840. The molecule has 4 nitrogen and oxygen atoms in total. The number of hydrogen-bond donors (Lipinski definition) is 1. The van der Waals surface area contributed by atoms with E-state index in [2.05, 4.69) is 17.3 Å². The van der Waals surface area contributed by atoms with Crippen molar-refractivity contribution in [3.05, 3.63) is 0 Å². The highest BCUT2D eigenvalue weighted by molar-refractivity contribution is 4.85. The van der Waals surface area contributed by atoms with E-state index in [1.165, 1.54) is 45.3 Å². The Hall–Kier alpha value is -0.160. The van der Waals surface area contributed by atoms with Gasteiger partial charge in [-0.15, -0.1) is 0 Å². The molecule has 2 heterocycles. The van der Waals surface area contributed by atoms with Crippen LogP contribution in [0.5, 0.6) is 0 Å². The molecule has 4 heteroatoms. The molecule has 1 saturated carbocycles. The van der Waals surface area contributed by atoms with Gasteiger partial charge in [0.1, 0.15) is 0 Å². The molecule has 0 bridgehead atoms. The van der Waals surface area contributed by atoms with Crippen LogP contribution in [0, 0.1) is 5.92 Å². The van der Waals surface area contributed by atoms with E-state index in [1.54, 1.807) is 0 Å². The van der Waals surface area contributed by atoms with Crippen molar-refractivity contribution < 1.29 is 9.47 Å². The largest absolute Gasteiger partial charge is 0.347 e. The summed E-state index contributed by atoms with van der Waals surface area (Å²) < 4.78 is 12.1. The summed E-state index contributed by atoms with van der Waals surface area (Å²) in [6, 6.07) is 0. The van der Waals surface area contributed by atoms with Gasteiger partial charge in [0.05, 0.1) is 12.7 Å². The number of hydrogen-bond acceptors (Lipinski definition) is 4. The van der Waals surface area contributed by atoms with Crippen LogP contribution in [0.4, 0.5) is 0 Å². The lowest BCUT2D eigenvalue weighted by atomic mass is 9.97. The zero-order valence-electron chi connectivity index (χ0n) is 12.2. The number of ether oxygens (including phenoxy) is 2. The molecule has 2 saturated heterocycles. The van der Waals surface area contributed by atoms with Gasteiger partial charge < -0.3 is 19.7 Å². The van der Waals surface area contributed by atoms with Crippen LogP contribution in [0.1, 0.15) is 38.5 Å². The first kappa shape index (κ1) is 13.8. The van der Waals surface area contributed by atoms with Crippen LogP contribution in [0.25, 0.3) is 0 Å². The van der Waals surface area contributed by atoms with Crippen molar-refractivity contribution in [2.75, 3.05) is 39.8 Å². The molecular weight excluding hydrogens is 240 g/mol. The molecule has 0 radical (unpaired) electrons. The van der Waals surface area contributed by atoms with Crippen molar-refractivity contribution in [1.82, 2.24) is 10.2 Å². The fourth-order valence-electron chi connectivity index (χ4n) is 3.81. The SMILES string of the molecule is CN(CC1CCNCC1)CC1COC2(CCCC2)O1. The Morgan fingerprint density at radius 1 is 1.16 bits per heavy atom. The Morgan fingerprint density at radius 3 is 2.63 bits per heavy atom. The normalized spacial score (nSPS) is 31.6. The van der Waals surface area contributed by atoms with E-state index in [-0.39, 0.29) is 11.9 Å². The van der Waals surface area contributed by atoms with Crippen LogP contribution in [0.2, 0.25) is 0 Å². The van der Waals surface area contributed by atoms with Crippen LogP contribution in [0.3, 0.4) is 0 Å². The number of nitrogens with one attached hydrogen (secondary N) is 1. The van der Waals surface area contributed by atoms with E-state index < -0.39 is 0 Å². The van der Waals surface area contributed by atoms with E-state index >= 15 is 0 Å². The molecule has 3 fully saturated rings. The highest BCUT2D eigenvalue weighted by Gasteiger charge is 2.43. The van der Waals surface area contributed by atoms with E-state index in [1.807, 2.05) is 0 Å². The molecule has 110 valence electrons. The molecule has 0 amide bonds. The highest BCUT2D eigenvalue weighted by Crippen LogP contribution is 2.39. The minimum Gasteiger partial charge on any atom is -0.347 e. The second kappa shape index (κ2) is 6.08. The fourth-order valence-corrected chi connectivity index (χ4v) is 3.81. The lowest BCUT2D eigenvalue weighted by Gasteiger charge is -2.29. The molecule has 1 unspecified atom stereocenters. The van der Waals surface area contributed by atoms with Crippen molar-refractivity contribution in [2.45, 2.75) is 50.4 Å². The third kappa shape index (κ3) is 3.48. The molecule has 19 heavy (non-hydrogen) atoms. The third-order valence-electron chi connectivity index (χ3n) is 4.82. The summed E-state index contributed by atoms with van der Waals surface area (Å²) in [5, 5.41) is 3.43. The van der Waals surface area contributed by atoms with Gasteiger partial charge in [-0.25, -0.2) is 0 Å². The monoisotopic (exact) mass is 268 g/mol. The van der Waals surface area contributed by atoms with Gasteiger partial charge in [-0.1, -0.05) is 0 Å². The summed E-state index contributed by atoms with van der Waals surface area (Å²) >= 11 is 0. The maximum atomic E-state index is 6.19. The van der Waals surface area contributed by atoms with Crippen molar-refractivity contribution in [3.8, 4) is 0 Å². The van der Waals surface area contributed by atoms with E-state index in [9.17, 15) is 0 Å². The number of nitrogens with zero attached hydrogens (tertiary/aromatic N) is 1. The van der Waals surface area contributed by atoms with Gasteiger partial charge in [0.2, 0.25) is 0 Å². The van der Waals surface area contributed by atoms with Crippen LogP contribution in [-0.2, 0) is 9.47 Å². The van der Waals surface area contributed by atoms with Gasteiger partial charge in [-0.05, 0) is 51.7 Å². The van der Waals surface area contributed by atoms with Gasteiger partial charge >= 0.3 is 0 Å². The van der Waals surface area contributed by atoms with Crippen molar-refractivity contribution in [3.63, 3.8) is 0 Å². The zero-order chi connectivity index (χ0) is 13.1. The summed E-state index contributed by atoms with van der Waals surface area (Å²) in [6.45, 7) is 5.38. The number of rotatable bonds is 4. The second-order valence-corrected chi connectivity index (χ2v) is 6.58. The minimum absolute atomic E-state index is 0.194. The Morgan fingerprint density at radius 2 is 1.89 bits per heavy atom. The molecular formula is C15H28N2O2. The van der Waals surface area contributed by atoms with Gasteiger partial charge in [0, 0.05) is 25.9 Å². The Bertz CT molecular complexity index is 286. The van der Waals surface area contributed by atoms with Crippen LogP contribution < -0.4 is 5.32 Å². The maximum Gasteiger partial charge on any atom is 0.168 e. The lowest BCUT2D eigenvalue weighted by Crippen LogP contribution is -2.38. The Labute approximate surface area is 116 Å². The van der Waals surface area contributed by atoms with Crippen molar-refractivity contribution in [1.29, 1.82) is 0 Å². The first-order chi connectivity index (χ1) is 9.26. The standard InChI is InChI=1S/C15H28N2O2/c1-17(10-13-4-8-16-9-5-13)11-14-12-18-15(19-14)6-2-3-7-15/h13-14,16H,2-12H2,1H3. The Balaban J connectivity index is 1.41. The lowest BCUT2D eigenvalue weighted by molar-refractivity contribution is -0.163. The summed E-state index contributed by atoms with van der Waals surface area (Å²) in [5.74, 6) is 0.661. The summed E-state index contributed by atoms with van der Waals surface area (Å²) in [4.78, 5) is 2.44. The fraction of sp³-hybridized carbons (Fsp3) is 1.00. The zero-order valence-corrected chi connectivity index (χ0v) is 12.2. The predicted octanol–water partition coefficient (Wildman–Crippen LogP) is 1.60. The topological polar surface area (TPSA) is 33.7 Å². The summed E-state index contributed by atoms with van der Waals surface area (Å²) in [7, 11) is 2.23. The van der Waals surface area contributed by atoms with E-state index in [0.717, 1.165) is 31.9 Å². The molecule has 1 spiro atoms. The molecule has 3 aliphatic rings. The molecule has 0 aromatic heterocycles. The number of likely N-dealkylation sites (N-methyl/N-ethyl adjacent to an activating group) is 1. The average Bonchev–Trinajstić information content (AvgIpc) is 3.02. The first-order valence-electron chi connectivity index (χ1n) is 7.97. The Kier molecular flexibility index (Phi) is 4.42. The molecule has 0 aromatic carbocycles. The summed E-state index contributed by atoms with van der Waals surface area (Å²) in [5.41, 5.74) is 0. The minimum atomic E-state index is -0.194. The third-order valence-corrected chi connectivity index (χ3v) is 4.82. The summed E-state index contributed by atoms with van der Waals surface area (Å²) in [6.07, 6.45) is 7.63. The van der Waals surface area contributed by atoms with Crippen molar-refractivity contribution >= 4 is 0 Å². The molecule has 3 rings (SSSR count). The molecule has 1 N–H and O–H groups in total. The van der Waals surface area contributed by atoms with Crippen molar-refractivity contribution in [2.24, 2.45) is 5.92 Å². The van der Waals surface area contributed by atoms with Gasteiger partial charge in [0.25, 0.3) is 0 Å². The van der Waals surface area contributed by atoms with Crippen LogP contribution in [-0.4, -0.2) is 56.6 Å². The molecule has 1 atom stereocenters. The van der Waals surface area contributed by atoms with E-state index in [0.29, 0.717) is 0 Å². The molecule has 1 aliphatic carbocycles. The van der Waals surface area contributed by atoms with Gasteiger partial charge in [0.15, 0.2) is 5.79 Å². The van der Waals surface area contributed by atoms with Gasteiger partial charge in [-0.3, -0.25) is 0 Å². The van der Waals surface area contributed by atoms with Crippen LogP contribution in [0.15, 0.2) is 0 Å². The number of piperidine rings is 1. The van der Waals surface area contributed by atoms with Crippen LogP contribution >= 0.6 is 0 Å². The molecule has 2 aliphatic heterocycles. The second-order valence-electron chi connectivity index (χ2n) is 6.58. The molecule has 0 aromatic rings. The maximum absolute atomic E-state index is 6.19. The average molecular weight is 268 g/mol. The van der Waals surface area contributed by atoms with E-state index in [4.69, 9.17) is 9.47 Å². The van der Waals surface area contributed by atoms with Gasteiger partial charge in [-0.2, -0.15) is 0 Å².